The van der Waals surface area contributed by atoms with Crippen LogP contribution in [0, 0.1) is 6.92 Å². The standard InChI is InChI=1S/C25H25N2O2.C14H15NO3.C11H12N.2HI/c1-4-27(5-2)21-13-12-19-16-20(25(28)29-24(19)17-21)11-10-18-14-15-26(3)23-9-7-6-8-22(18)23;1-3-15(4-2)12-6-5-10-7-11(9-16)14(17)18-13(10)8-12;1-9-7-8-12(2)11-6-4-3-5-10(9)11;;/h6-17H,4-5H2,1-3H3;5-9H,3-4H2,1-2H3;3-8H,1-2H3;2*1H/q+1;;+1;;/p-2. The van der Waals surface area contributed by atoms with E-state index in [9.17, 15) is 14.4 Å². The molecule has 0 bridgehead atoms. The van der Waals surface area contributed by atoms with Crippen LogP contribution in [0.3, 0.4) is 0 Å². The van der Waals surface area contributed by atoms with Gasteiger partial charge in [-0.2, -0.15) is 0 Å². The van der Waals surface area contributed by atoms with Crippen LogP contribution in [0.15, 0.2) is 140 Å². The fourth-order valence-electron chi connectivity index (χ4n) is 7.22. The van der Waals surface area contributed by atoms with Crippen LogP contribution in [-0.2, 0) is 14.1 Å². The molecule has 4 aromatic heterocycles. The van der Waals surface area contributed by atoms with E-state index in [1.165, 1.54) is 16.5 Å². The average Bonchev–Trinajstić information content (AvgIpc) is 3.26. The second kappa shape index (κ2) is 22.4. The van der Waals surface area contributed by atoms with Crippen LogP contribution in [0.25, 0.3) is 55.9 Å². The molecule has 61 heavy (non-hydrogen) atoms. The predicted molar refractivity (Wildman–Crippen MR) is 241 cm³/mol. The second-order valence-corrected chi connectivity index (χ2v) is 14.2. The van der Waals surface area contributed by atoms with Crippen LogP contribution in [0.4, 0.5) is 11.4 Å². The molecular formula is C50H52I2N4O5. The number of carbonyl (C=O) groups is 1. The maximum absolute atomic E-state index is 12.6. The van der Waals surface area contributed by atoms with E-state index in [2.05, 4.69) is 121 Å². The Bertz CT molecular complexity index is 2880. The van der Waals surface area contributed by atoms with Crippen molar-refractivity contribution in [1.29, 1.82) is 0 Å². The molecule has 4 heterocycles. The summed E-state index contributed by atoms with van der Waals surface area (Å²) in [4.78, 5) is 39.1. The van der Waals surface area contributed by atoms with Crippen molar-refractivity contribution in [2.75, 3.05) is 36.0 Å². The third kappa shape index (κ3) is 11.3. The zero-order chi connectivity index (χ0) is 42.1. The summed E-state index contributed by atoms with van der Waals surface area (Å²) < 4.78 is 15.0. The Morgan fingerprint density at radius 3 is 1.49 bits per heavy atom. The van der Waals surface area contributed by atoms with Crippen molar-refractivity contribution in [2.45, 2.75) is 34.6 Å². The molecule has 0 saturated heterocycles. The minimum Gasteiger partial charge on any atom is -1.00 e. The van der Waals surface area contributed by atoms with Gasteiger partial charge < -0.3 is 66.6 Å². The molecule has 316 valence electrons. The van der Waals surface area contributed by atoms with E-state index in [1.807, 2.05) is 73.9 Å². The Morgan fingerprint density at radius 2 is 0.984 bits per heavy atom. The van der Waals surface area contributed by atoms with E-state index >= 15 is 0 Å². The lowest BCUT2D eigenvalue weighted by atomic mass is 10.1. The molecule has 0 amide bonds. The Morgan fingerprint density at radius 1 is 0.541 bits per heavy atom. The number of pyridine rings is 2. The number of hydrogen-bond donors (Lipinski definition) is 0. The van der Waals surface area contributed by atoms with E-state index in [4.69, 9.17) is 8.83 Å². The van der Waals surface area contributed by atoms with Crippen molar-refractivity contribution >= 4 is 73.6 Å². The summed E-state index contributed by atoms with van der Waals surface area (Å²) in [6.45, 7) is 14.1. The van der Waals surface area contributed by atoms with Crippen LogP contribution in [0.1, 0.15) is 54.7 Å². The van der Waals surface area contributed by atoms with Crippen molar-refractivity contribution in [3.8, 4) is 0 Å². The molecule has 8 aromatic rings. The monoisotopic (exact) mass is 1040 g/mol. The van der Waals surface area contributed by atoms with Crippen molar-refractivity contribution in [3.63, 3.8) is 0 Å². The lowest BCUT2D eigenvalue weighted by Crippen LogP contribution is -3.00. The fraction of sp³-hybridized carbons (Fsp3) is 0.220. The first-order valence-electron chi connectivity index (χ1n) is 20.1. The number of halogens is 2. The number of nitrogens with zero attached hydrogens (tertiary/aromatic N) is 4. The number of rotatable bonds is 9. The van der Waals surface area contributed by atoms with Gasteiger partial charge in [0.2, 0.25) is 11.0 Å². The van der Waals surface area contributed by atoms with Gasteiger partial charge in [-0.25, -0.2) is 18.7 Å². The van der Waals surface area contributed by atoms with Gasteiger partial charge in [-0.05, 0) is 100 Å². The van der Waals surface area contributed by atoms with E-state index in [0.29, 0.717) is 23.0 Å². The molecule has 11 heteroatoms. The summed E-state index contributed by atoms with van der Waals surface area (Å²) in [6.07, 6.45) is 8.46. The molecule has 0 aliphatic heterocycles. The Hall–Kier alpha value is -5.41. The molecule has 0 atom stereocenters. The Balaban J connectivity index is 0.000000219. The lowest BCUT2D eigenvalue weighted by molar-refractivity contribution is -0.645. The highest BCUT2D eigenvalue weighted by Gasteiger charge is 2.11. The zero-order valence-electron chi connectivity index (χ0n) is 35.7. The number of aldehydes is 1. The van der Waals surface area contributed by atoms with E-state index < -0.39 is 5.63 Å². The van der Waals surface area contributed by atoms with Crippen molar-refractivity contribution in [2.24, 2.45) is 14.1 Å². The predicted octanol–water partition coefficient (Wildman–Crippen LogP) is 3.22. The van der Waals surface area contributed by atoms with Gasteiger partial charge in [0, 0.05) is 90.1 Å². The minimum absolute atomic E-state index is 0. The smallest absolute Gasteiger partial charge is 0.346 e. The minimum atomic E-state index is -0.589. The van der Waals surface area contributed by atoms with Crippen LogP contribution in [0.2, 0.25) is 0 Å². The topological polar surface area (TPSA) is 91.7 Å². The van der Waals surface area contributed by atoms with Gasteiger partial charge in [-0.3, -0.25) is 4.79 Å². The molecule has 0 unspecified atom stereocenters. The van der Waals surface area contributed by atoms with Crippen molar-refractivity contribution in [3.05, 3.63) is 165 Å². The van der Waals surface area contributed by atoms with Crippen LogP contribution in [0.5, 0.6) is 0 Å². The normalized spacial score (nSPS) is 10.7. The quantitative estimate of drug-likeness (QED) is 0.0951. The second-order valence-electron chi connectivity index (χ2n) is 14.2. The number of anilines is 2. The number of hydrogen-bond acceptors (Lipinski definition) is 7. The number of aryl methyl sites for hydroxylation is 3. The number of carbonyl (C=O) groups excluding carboxylic acids is 1. The largest absolute Gasteiger partial charge is 1.00 e. The maximum atomic E-state index is 12.6. The number of fused-ring (bicyclic) bond motifs is 4. The Labute approximate surface area is 391 Å². The molecule has 8 rings (SSSR count). The van der Waals surface area contributed by atoms with Gasteiger partial charge in [0.05, 0.1) is 10.9 Å². The van der Waals surface area contributed by atoms with Gasteiger partial charge in [0.25, 0.3) is 0 Å². The molecule has 0 aliphatic rings. The van der Waals surface area contributed by atoms with Crippen LogP contribution in [-0.4, -0.2) is 32.5 Å². The van der Waals surface area contributed by atoms with Crippen molar-refractivity contribution < 1.29 is 70.7 Å². The molecule has 9 nitrogen and oxygen atoms in total. The SMILES string of the molecule is CCN(CC)c1ccc2cc(/C=C/c3cc[n+](C)c4ccccc34)c(=O)oc2c1.CCN(CC)c1ccc2cc(C=O)c(=O)oc2c1.Cc1cc[n+](C)c2ccccc12.[I-].[I-]. The van der Waals surface area contributed by atoms with Gasteiger partial charge in [0.1, 0.15) is 30.8 Å². The highest BCUT2D eigenvalue weighted by Crippen LogP contribution is 2.24. The summed E-state index contributed by atoms with van der Waals surface area (Å²) in [7, 11) is 4.10. The number of benzene rings is 4. The molecule has 0 N–H and O–H groups in total. The summed E-state index contributed by atoms with van der Waals surface area (Å²) in [5.41, 5.74) is 7.73. The van der Waals surface area contributed by atoms with Gasteiger partial charge >= 0.3 is 11.3 Å². The zero-order valence-corrected chi connectivity index (χ0v) is 40.0. The molecule has 4 aromatic carbocycles. The summed E-state index contributed by atoms with van der Waals surface area (Å²) >= 11 is 0. The van der Waals surface area contributed by atoms with E-state index in [1.54, 1.807) is 6.07 Å². The Kier molecular flexibility index (Phi) is 17.8. The molecule has 0 fully saturated rings. The third-order valence-corrected chi connectivity index (χ3v) is 10.6. The molecular weight excluding hydrogens is 990 g/mol. The first-order valence-corrected chi connectivity index (χ1v) is 20.1. The first-order chi connectivity index (χ1) is 28.6. The molecule has 0 aliphatic carbocycles. The van der Waals surface area contributed by atoms with Gasteiger partial charge in [-0.1, -0.05) is 30.3 Å². The fourth-order valence-corrected chi connectivity index (χ4v) is 7.22. The maximum Gasteiger partial charge on any atom is 0.346 e. The van der Waals surface area contributed by atoms with E-state index in [-0.39, 0.29) is 59.1 Å². The van der Waals surface area contributed by atoms with Gasteiger partial charge in [-0.15, -0.1) is 0 Å². The first kappa shape index (κ1) is 48.3. The molecule has 0 radical (unpaired) electrons. The van der Waals surface area contributed by atoms with E-state index in [0.717, 1.165) is 64.8 Å². The summed E-state index contributed by atoms with van der Waals surface area (Å²) in [5.74, 6) is 0. The number of para-hydroxylation sites is 2. The van der Waals surface area contributed by atoms with Crippen LogP contribution < -0.4 is 78.1 Å². The highest BCUT2D eigenvalue weighted by molar-refractivity contribution is 5.90. The molecule has 0 saturated carbocycles. The number of aromatic nitrogens is 2. The molecule has 0 spiro atoms. The summed E-state index contributed by atoms with van der Waals surface area (Å²) in [6, 6.07) is 36.0. The van der Waals surface area contributed by atoms with Crippen LogP contribution >= 0.6 is 0 Å². The highest BCUT2D eigenvalue weighted by atomic mass is 127. The lowest BCUT2D eigenvalue weighted by Gasteiger charge is -2.20. The third-order valence-electron chi connectivity index (χ3n) is 10.6. The average molecular weight is 1040 g/mol. The van der Waals surface area contributed by atoms with Crippen molar-refractivity contribution in [1.82, 2.24) is 0 Å². The van der Waals surface area contributed by atoms with Gasteiger partial charge in [0.15, 0.2) is 18.7 Å². The summed E-state index contributed by atoms with van der Waals surface area (Å²) in [5, 5.41) is 4.15.